The van der Waals surface area contributed by atoms with Crippen molar-refractivity contribution in [2.45, 2.75) is 26.2 Å². The third-order valence-corrected chi connectivity index (χ3v) is 5.41. The minimum absolute atomic E-state index is 0.151. The van der Waals surface area contributed by atoms with Gasteiger partial charge in [-0.3, -0.25) is 4.79 Å². The third-order valence-electron chi connectivity index (χ3n) is 5.41. The molecule has 0 bridgehead atoms. The van der Waals surface area contributed by atoms with Gasteiger partial charge in [0.15, 0.2) is 0 Å². The highest BCUT2D eigenvalue weighted by Gasteiger charge is 2.21. The number of anilines is 1. The molecule has 6 nitrogen and oxygen atoms in total. The second-order valence-corrected chi connectivity index (χ2v) is 7.81. The van der Waals surface area contributed by atoms with Crippen LogP contribution in [0.5, 0.6) is 17.4 Å². The Morgan fingerprint density at radius 2 is 1.71 bits per heavy atom. The van der Waals surface area contributed by atoms with Gasteiger partial charge in [-0.1, -0.05) is 13.0 Å². The third kappa shape index (κ3) is 5.84. The van der Waals surface area contributed by atoms with Gasteiger partial charge in [0.05, 0.1) is 18.5 Å². The Morgan fingerprint density at radius 1 is 0.971 bits per heavy atom. The predicted octanol–water partition coefficient (Wildman–Crippen LogP) is 6.09. The van der Waals surface area contributed by atoms with Gasteiger partial charge in [0, 0.05) is 23.7 Å². The van der Waals surface area contributed by atoms with Crippen molar-refractivity contribution in [3.63, 3.8) is 0 Å². The molecule has 3 aromatic carbocycles. The first-order chi connectivity index (χ1) is 17.0. The summed E-state index contributed by atoms with van der Waals surface area (Å²) in [5.74, 6) is 0.399. The number of aryl methyl sites for hydroxylation is 1. The number of hydrogen-bond donors (Lipinski definition) is 1. The van der Waals surface area contributed by atoms with Crippen LogP contribution in [0.3, 0.4) is 0 Å². The van der Waals surface area contributed by atoms with Crippen LogP contribution in [0.1, 0.15) is 24.6 Å². The molecule has 35 heavy (non-hydrogen) atoms. The van der Waals surface area contributed by atoms with Crippen molar-refractivity contribution in [1.82, 2.24) is 9.78 Å². The maximum atomic E-state index is 13.8. The first kappa shape index (κ1) is 23.9. The standard InChI is InChI=1S/C27H25F2N3O3/c1-3-25-24(15-16-26(33)30-20-9-7-18(28)8-10-20)27(35-23-6-4-5-19(29)17-23)32(31-25)21-11-13-22(34-2)14-12-21/h4-14,17H,3,15-16H2,1-2H3,(H,30,33). The molecule has 1 amide bonds. The number of rotatable bonds is 9. The molecular formula is C27H25F2N3O3. The molecule has 0 saturated heterocycles. The lowest BCUT2D eigenvalue weighted by Crippen LogP contribution is -2.12. The van der Waals surface area contributed by atoms with Crippen LogP contribution >= 0.6 is 0 Å². The van der Waals surface area contributed by atoms with Crippen molar-refractivity contribution in [1.29, 1.82) is 0 Å². The molecule has 0 atom stereocenters. The molecule has 180 valence electrons. The van der Waals surface area contributed by atoms with Crippen LogP contribution in [0, 0.1) is 11.6 Å². The quantitative estimate of drug-likeness (QED) is 0.317. The van der Waals surface area contributed by atoms with Crippen molar-refractivity contribution in [3.05, 3.63) is 95.7 Å². The highest BCUT2D eigenvalue weighted by Crippen LogP contribution is 2.33. The van der Waals surface area contributed by atoms with Crippen LogP contribution < -0.4 is 14.8 Å². The van der Waals surface area contributed by atoms with Crippen LogP contribution in [0.25, 0.3) is 5.69 Å². The van der Waals surface area contributed by atoms with Crippen molar-refractivity contribution >= 4 is 11.6 Å². The van der Waals surface area contributed by atoms with Gasteiger partial charge in [-0.25, -0.2) is 13.5 Å². The molecule has 0 aliphatic heterocycles. The van der Waals surface area contributed by atoms with Crippen molar-refractivity contribution in [2.75, 3.05) is 12.4 Å². The fourth-order valence-corrected chi connectivity index (χ4v) is 3.65. The second-order valence-electron chi connectivity index (χ2n) is 7.81. The van der Waals surface area contributed by atoms with E-state index in [2.05, 4.69) is 5.32 Å². The number of halogens is 2. The maximum absolute atomic E-state index is 13.8. The molecule has 0 unspecified atom stereocenters. The second kappa shape index (κ2) is 10.8. The van der Waals surface area contributed by atoms with E-state index in [1.807, 2.05) is 31.2 Å². The SMILES string of the molecule is CCc1nn(-c2ccc(OC)cc2)c(Oc2cccc(F)c2)c1CCC(=O)Nc1ccc(F)cc1. The number of methoxy groups -OCH3 is 1. The fraction of sp³-hybridized carbons (Fsp3) is 0.185. The molecule has 0 radical (unpaired) electrons. The van der Waals surface area contributed by atoms with E-state index in [0.29, 0.717) is 35.9 Å². The zero-order valence-corrected chi connectivity index (χ0v) is 19.4. The minimum atomic E-state index is -0.422. The van der Waals surface area contributed by atoms with Gasteiger partial charge in [-0.15, -0.1) is 0 Å². The van der Waals surface area contributed by atoms with Gasteiger partial charge in [0.1, 0.15) is 23.1 Å². The number of carbonyl (C=O) groups is 1. The first-order valence-electron chi connectivity index (χ1n) is 11.2. The van der Waals surface area contributed by atoms with Gasteiger partial charge in [-0.2, -0.15) is 5.10 Å². The number of ether oxygens (including phenoxy) is 2. The van der Waals surface area contributed by atoms with Crippen molar-refractivity contribution in [2.24, 2.45) is 0 Å². The molecule has 0 aliphatic rings. The van der Waals surface area contributed by atoms with Gasteiger partial charge in [0.2, 0.25) is 11.8 Å². The lowest BCUT2D eigenvalue weighted by atomic mass is 10.1. The summed E-state index contributed by atoms with van der Waals surface area (Å²) in [4.78, 5) is 12.6. The van der Waals surface area contributed by atoms with E-state index in [4.69, 9.17) is 14.6 Å². The normalized spacial score (nSPS) is 10.7. The average molecular weight is 478 g/mol. The lowest BCUT2D eigenvalue weighted by molar-refractivity contribution is -0.116. The number of carbonyl (C=O) groups excluding carboxylic acids is 1. The number of aromatic nitrogens is 2. The van der Waals surface area contributed by atoms with E-state index < -0.39 is 5.82 Å². The largest absolute Gasteiger partial charge is 0.497 e. The molecule has 1 N–H and O–H groups in total. The fourth-order valence-electron chi connectivity index (χ4n) is 3.65. The summed E-state index contributed by atoms with van der Waals surface area (Å²) in [5.41, 5.74) is 2.76. The highest BCUT2D eigenvalue weighted by molar-refractivity contribution is 5.90. The van der Waals surface area contributed by atoms with Gasteiger partial charge >= 0.3 is 0 Å². The Balaban J connectivity index is 1.65. The lowest BCUT2D eigenvalue weighted by Gasteiger charge is -2.12. The molecule has 1 aromatic heterocycles. The Bertz CT molecular complexity index is 1300. The van der Waals surface area contributed by atoms with E-state index in [-0.39, 0.29) is 18.1 Å². The smallest absolute Gasteiger partial charge is 0.226 e. The molecule has 0 saturated carbocycles. The Kier molecular flexibility index (Phi) is 7.40. The highest BCUT2D eigenvalue weighted by atomic mass is 19.1. The number of benzene rings is 3. The summed E-state index contributed by atoms with van der Waals surface area (Å²) in [6, 6.07) is 18.7. The molecule has 1 heterocycles. The summed E-state index contributed by atoms with van der Waals surface area (Å²) < 4.78 is 40.0. The van der Waals surface area contributed by atoms with Gasteiger partial charge < -0.3 is 14.8 Å². The molecule has 0 aliphatic carbocycles. The minimum Gasteiger partial charge on any atom is -0.497 e. The number of amides is 1. The van der Waals surface area contributed by atoms with Crippen molar-refractivity contribution < 1.29 is 23.0 Å². The van der Waals surface area contributed by atoms with E-state index in [0.717, 1.165) is 16.9 Å². The summed E-state index contributed by atoms with van der Waals surface area (Å²) in [6.07, 6.45) is 1.10. The van der Waals surface area contributed by atoms with Gasteiger partial charge in [0.25, 0.3) is 0 Å². The predicted molar refractivity (Wildman–Crippen MR) is 129 cm³/mol. The zero-order chi connectivity index (χ0) is 24.8. The van der Waals surface area contributed by atoms with Crippen LogP contribution in [-0.4, -0.2) is 22.8 Å². The van der Waals surface area contributed by atoms with Crippen LogP contribution in [-0.2, 0) is 17.6 Å². The summed E-state index contributed by atoms with van der Waals surface area (Å²) in [6.45, 7) is 1.97. The Hall–Kier alpha value is -4.20. The number of nitrogens with one attached hydrogen (secondary N) is 1. The molecular weight excluding hydrogens is 452 g/mol. The molecule has 0 fully saturated rings. The number of nitrogens with zero attached hydrogens (tertiary/aromatic N) is 2. The summed E-state index contributed by atoms with van der Waals surface area (Å²) >= 11 is 0. The van der Waals surface area contributed by atoms with Gasteiger partial charge in [-0.05, 0) is 73.5 Å². The monoisotopic (exact) mass is 477 g/mol. The van der Waals surface area contributed by atoms with Crippen molar-refractivity contribution in [3.8, 4) is 23.1 Å². The van der Waals surface area contributed by atoms with E-state index >= 15 is 0 Å². The number of hydrogen-bond acceptors (Lipinski definition) is 4. The van der Waals surface area contributed by atoms with Crippen LogP contribution in [0.4, 0.5) is 14.5 Å². The summed E-state index contributed by atoms with van der Waals surface area (Å²) in [5, 5.41) is 7.50. The molecule has 0 spiro atoms. The zero-order valence-electron chi connectivity index (χ0n) is 19.4. The molecule has 4 aromatic rings. The Morgan fingerprint density at radius 3 is 2.37 bits per heavy atom. The topological polar surface area (TPSA) is 65.4 Å². The van der Waals surface area contributed by atoms with E-state index in [9.17, 15) is 13.6 Å². The maximum Gasteiger partial charge on any atom is 0.226 e. The first-order valence-corrected chi connectivity index (χ1v) is 11.2. The Labute approximate surface area is 202 Å². The molecule has 8 heteroatoms. The molecule has 4 rings (SSSR count). The van der Waals surface area contributed by atoms with E-state index in [1.165, 1.54) is 36.4 Å². The van der Waals surface area contributed by atoms with Crippen LogP contribution in [0.15, 0.2) is 72.8 Å². The average Bonchev–Trinajstić information content (AvgIpc) is 3.21. The van der Waals surface area contributed by atoms with Crippen LogP contribution in [0.2, 0.25) is 0 Å². The van der Waals surface area contributed by atoms with E-state index in [1.54, 1.807) is 23.9 Å². The summed E-state index contributed by atoms with van der Waals surface area (Å²) in [7, 11) is 1.59.